The molecule has 0 bridgehead atoms. The van der Waals surface area contributed by atoms with Crippen LogP contribution in [0.5, 0.6) is 5.75 Å². The van der Waals surface area contributed by atoms with Gasteiger partial charge < -0.3 is 25.2 Å². The van der Waals surface area contributed by atoms with Crippen molar-refractivity contribution in [3.8, 4) is 5.75 Å². The number of likely N-dealkylation sites (tertiary alicyclic amines) is 1. The fraction of sp³-hybridized carbons (Fsp3) is 0.667. The zero-order valence-corrected chi connectivity index (χ0v) is 20.6. The van der Waals surface area contributed by atoms with Gasteiger partial charge in [-0.25, -0.2) is 0 Å². The van der Waals surface area contributed by atoms with Gasteiger partial charge in [-0.1, -0.05) is 12.1 Å². The number of methoxy groups -OCH3 is 1. The number of nitrogens with zero attached hydrogens (tertiary/aromatic N) is 3. The summed E-state index contributed by atoms with van der Waals surface area (Å²) in [7, 11) is 7.75. The van der Waals surface area contributed by atoms with Crippen LogP contribution in [0.2, 0.25) is 0 Å². The largest absolute Gasteiger partial charge is 0.497 e. The van der Waals surface area contributed by atoms with Crippen molar-refractivity contribution in [3.63, 3.8) is 0 Å². The number of hydrogen-bond donors (Lipinski definition) is 2. The van der Waals surface area contributed by atoms with E-state index in [1.165, 1.54) is 5.56 Å². The zero-order valence-electron chi connectivity index (χ0n) is 18.2. The molecule has 1 aromatic carbocycles. The molecule has 0 saturated carbocycles. The van der Waals surface area contributed by atoms with Gasteiger partial charge in [-0.05, 0) is 58.5 Å². The number of ether oxygens (including phenoxy) is 1. The number of halogens is 1. The molecule has 0 aliphatic carbocycles. The number of rotatable bonds is 7. The van der Waals surface area contributed by atoms with Crippen LogP contribution in [0.4, 0.5) is 0 Å². The summed E-state index contributed by atoms with van der Waals surface area (Å²) in [5.74, 6) is 1.77. The average Bonchev–Trinajstić information content (AvgIpc) is 2.67. The van der Waals surface area contributed by atoms with Crippen LogP contribution in [-0.2, 0) is 0 Å². The predicted molar refractivity (Wildman–Crippen MR) is 129 cm³/mol. The molecule has 6 nitrogen and oxygen atoms in total. The minimum Gasteiger partial charge on any atom is -0.497 e. The molecule has 1 unspecified atom stereocenters. The van der Waals surface area contributed by atoms with Gasteiger partial charge in [0.15, 0.2) is 5.96 Å². The third-order valence-corrected chi connectivity index (χ3v) is 5.41. The van der Waals surface area contributed by atoms with E-state index in [9.17, 15) is 0 Å². The Balaban J connectivity index is 0.00000392. The third-order valence-electron chi connectivity index (χ3n) is 5.41. The van der Waals surface area contributed by atoms with Gasteiger partial charge >= 0.3 is 0 Å². The number of guanidine groups is 1. The van der Waals surface area contributed by atoms with Crippen LogP contribution in [0, 0.1) is 0 Å². The molecule has 0 spiro atoms. The highest BCUT2D eigenvalue weighted by atomic mass is 127. The molecular formula is C21H38IN5O. The molecule has 0 radical (unpaired) electrons. The minimum absolute atomic E-state index is 0. The Morgan fingerprint density at radius 3 is 2.29 bits per heavy atom. The summed E-state index contributed by atoms with van der Waals surface area (Å²) in [6.45, 7) is 7.64. The maximum atomic E-state index is 5.27. The highest BCUT2D eigenvalue weighted by Gasteiger charge is 2.22. The van der Waals surface area contributed by atoms with Gasteiger partial charge in [0.25, 0.3) is 0 Å². The Morgan fingerprint density at radius 1 is 1.21 bits per heavy atom. The quantitative estimate of drug-likeness (QED) is 0.341. The highest BCUT2D eigenvalue weighted by Crippen LogP contribution is 2.20. The fourth-order valence-corrected chi connectivity index (χ4v) is 3.57. The van der Waals surface area contributed by atoms with E-state index < -0.39 is 0 Å². The van der Waals surface area contributed by atoms with E-state index in [4.69, 9.17) is 4.74 Å². The minimum atomic E-state index is 0. The van der Waals surface area contributed by atoms with Gasteiger partial charge in [0.1, 0.15) is 5.75 Å². The molecule has 1 saturated heterocycles. The van der Waals surface area contributed by atoms with Gasteiger partial charge in [0.2, 0.25) is 0 Å². The molecule has 160 valence electrons. The standard InChI is InChI=1S/C21H37N5O.HI/c1-16(2)26-13-11-18(12-14-26)24-21(22-3)23-15-20(25(4)5)17-7-9-19(27-6)10-8-17;/h7-10,16,18,20H,11-15H2,1-6H3,(H2,22,23,24);1H. The van der Waals surface area contributed by atoms with E-state index in [0.29, 0.717) is 12.1 Å². The van der Waals surface area contributed by atoms with E-state index in [2.05, 4.69) is 65.5 Å². The molecule has 2 rings (SSSR count). The second-order valence-corrected chi connectivity index (χ2v) is 7.75. The summed E-state index contributed by atoms with van der Waals surface area (Å²) in [4.78, 5) is 9.20. The molecule has 1 aliphatic rings. The van der Waals surface area contributed by atoms with Crippen molar-refractivity contribution in [3.05, 3.63) is 29.8 Å². The SMILES string of the molecule is CN=C(NCC(c1ccc(OC)cc1)N(C)C)NC1CCN(C(C)C)CC1.I. The van der Waals surface area contributed by atoms with E-state index in [1.807, 2.05) is 19.2 Å². The van der Waals surface area contributed by atoms with Crippen molar-refractivity contribution in [2.75, 3.05) is 47.9 Å². The number of aliphatic imine (C=N–C) groups is 1. The van der Waals surface area contributed by atoms with Crippen LogP contribution >= 0.6 is 24.0 Å². The van der Waals surface area contributed by atoms with Crippen molar-refractivity contribution >= 4 is 29.9 Å². The van der Waals surface area contributed by atoms with Crippen LogP contribution < -0.4 is 15.4 Å². The molecule has 1 fully saturated rings. The lowest BCUT2D eigenvalue weighted by Gasteiger charge is -2.35. The molecule has 0 amide bonds. The lowest BCUT2D eigenvalue weighted by molar-refractivity contribution is 0.167. The first-order valence-electron chi connectivity index (χ1n) is 9.96. The second-order valence-electron chi connectivity index (χ2n) is 7.75. The Bertz CT molecular complexity index is 583. The zero-order chi connectivity index (χ0) is 19.8. The maximum Gasteiger partial charge on any atom is 0.191 e. The van der Waals surface area contributed by atoms with Crippen LogP contribution in [0.3, 0.4) is 0 Å². The number of nitrogens with one attached hydrogen (secondary N) is 2. The van der Waals surface area contributed by atoms with E-state index in [1.54, 1.807) is 7.11 Å². The lowest BCUT2D eigenvalue weighted by atomic mass is 10.0. The van der Waals surface area contributed by atoms with Gasteiger partial charge in [0.05, 0.1) is 13.2 Å². The van der Waals surface area contributed by atoms with E-state index in [0.717, 1.165) is 44.2 Å². The first-order valence-corrected chi connectivity index (χ1v) is 9.96. The van der Waals surface area contributed by atoms with Crippen LogP contribution in [0.25, 0.3) is 0 Å². The van der Waals surface area contributed by atoms with Crippen LogP contribution in [0.1, 0.15) is 38.3 Å². The molecular weight excluding hydrogens is 465 g/mol. The monoisotopic (exact) mass is 503 g/mol. The molecule has 0 aromatic heterocycles. The van der Waals surface area contributed by atoms with Crippen molar-refractivity contribution < 1.29 is 4.74 Å². The Morgan fingerprint density at radius 2 is 1.82 bits per heavy atom. The highest BCUT2D eigenvalue weighted by molar-refractivity contribution is 14.0. The molecule has 1 aliphatic heterocycles. The summed E-state index contributed by atoms with van der Waals surface area (Å²) in [5.41, 5.74) is 1.26. The summed E-state index contributed by atoms with van der Waals surface area (Å²) in [6.07, 6.45) is 2.32. The first-order chi connectivity index (χ1) is 12.9. The molecule has 28 heavy (non-hydrogen) atoms. The first kappa shape index (κ1) is 25.0. The topological polar surface area (TPSA) is 52.1 Å². The number of likely N-dealkylation sites (N-methyl/N-ethyl adjacent to an activating group) is 1. The number of piperidine rings is 1. The van der Waals surface area contributed by atoms with Crippen molar-refractivity contribution in [2.45, 2.75) is 44.8 Å². The van der Waals surface area contributed by atoms with Gasteiger partial charge in [-0.15, -0.1) is 24.0 Å². The Hall–Kier alpha value is -1.06. The normalized spacial score (nSPS) is 17.4. The van der Waals surface area contributed by atoms with Crippen LogP contribution in [-0.4, -0.2) is 75.7 Å². The Kier molecular flexibility index (Phi) is 11.1. The van der Waals surface area contributed by atoms with E-state index >= 15 is 0 Å². The molecule has 2 N–H and O–H groups in total. The molecule has 1 heterocycles. The maximum absolute atomic E-state index is 5.27. The summed E-state index contributed by atoms with van der Waals surface area (Å²) >= 11 is 0. The van der Waals surface area contributed by atoms with E-state index in [-0.39, 0.29) is 30.0 Å². The smallest absolute Gasteiger partial charge is 0.191 e. The molecule has 1 aromatic rings. The molecule has 1 atom stereocenters. The van der Waals surface area contributed by atoms with Crippen molar-refractivity contribution in [1.82, 2.24) is 20.4 Å². The van der Waals surface area contributed by atoms with Gasteiger partial charge in [-0.3, -0.25) is 4.99 Å². The number of benzene rings is 1. The fourth-order valence-electron chi connectivity index (χ4n) is 3.57. The predicted octanol–water partition coefficient (Wildman–Crippen LogP) is 2.95. The summed E-state index contributed by atoms with van der Waals surface area (Å²) in [5, 5.41) is 7.11. The summed E-state index contributed by atoms with van der Waals surface area (Å²) in [6, 6.07) is 9.67. The number of hydrogen-bond acceptors (Lipinski definition) is 4. The summed E-state index contributed by atoms with van der Waals surface area (Å²) < 4.78 is 5.27. The van der Waals surface area contributed by atoms with Crippen molar-refractivity contribution in [1.29, 1.82) is 0 Å². The van der Waals surface area contributed by atoms with Crippen LogP contribution in [0.15, 0.2) is 29.3 Å². The molecule has 7 heteroatoms. The lowest BCUT2D eigenvalue weighted by Crippen LogP contribution is -2.50. The average molecular weight is 503 g/mol. The third kappa shape index (κ3) is 7.40. The second kappa shape index (κ2) is 12.5. The van der Waals surface area contributed by atoms with Gasteiger partial charge in [-0.2, -0.15) is 0 Å². The van der Waals surface area contributed by atoms with Gasteiger partial charge in [0, 0.05) is 38.8 Å². The Labute approximate surface area is 188 Å². The van der Waals surface area contributed by atoms with Crippen molar-refractivity contribution in [2.24, 2.45) is 4.99 Å².